The highest BCUT2D eigenvalue weighted by Crippen LogP contribution is 2.22. The number of aromatic nitrogens is 1. The summed E-state index contributed by atoms with van der Waals surface area (Å²) in [5, 5.41) is 0. The van der Waals surface area contributed by atoms with E-state index >= 15 is 0 Å². The molecule has 0 N–H and O–H groups in total. The lowest BCUT2D eigenvalue weighted by molar-refractivity contribution is 0.156. The van der Waals surface area contributed by atoms with Crippen molar-refractivity contribution in [2.45, 2.75) is 12.3 Å². The van der Waals surface area contributed by atoms with Gasteiger partial charge >= 0.3 is 0 Å². The smallest absolute Gasteiger partial charge is 0.255 e. The number of hydrogen-bond donors (Lipinski definition) is 0. The van der Waals surface area contributed by atoms with Crippen LogP contribution in [-0.2, 0) is 5.88 Å². The molecule has 1 heterocycles. The Kier molecular flexibility index (Phi) is 4.73. The normalized spacial score (nSPS) is 10.8. The van der Waals surface area contributed by atoms with Crippen LogP contribution in [0.4, 0.5) is 14.6 Å². The average Bonchev–Trinajstić information content (AvgIpc) is 2.16. The standard InChI is InChI=1S/C9H10BrClF2N2/c1-15(5-8(12)13)9-6(3-11)2-7(10)4-14-9/h2,4,8H,3,5H2,1H3. The average molecular weight is 300 g/mol. The first-order valence-corrected chi connectivity index (χ1v) is 5.57. The maximum absolute atomic E-state index is 12.2. The number of alkyl halides is 3. The molecule has 1 aromatic rings. The Morgan fingerprint density at radius 3 is 2.80 bits per heavy atom. The molecule has 0 unspecified atom stereocenters. The molecule has 2 nitrogen and oxygen atoms in total. The lowest BCUT2D eigenvalue weighted by Crippen LogP contribution is -2.25. The lowest BCUT2D eigenvalue weighted by atomic mass is 10.3. The third-order valence-corrected chi connectivity index (χ3v) is 2.55. The number of halogens is 4. The van der Waals surface area contributed by atoms with Gasteiger partial charge in [-0.25, -0.2) is 13.8 Å². The molecule has 0 saturated carbocycles. The van der Waals surface area contributed by atoms with Crippen LogP contribution in [-0.4, -0.2) is 25.0 Å². The minimum Gasteiger partial charge on any atom is -0.354 e. The van der Waals surface area contributed by atoms with Crippen molar-refractivity contribution in [1.82, 2.24) is 4.98 Å². The maximum Gasteiger partial charge on any atom is 0.255 e. The number of rotatable bonds is 4. The molecule has 1 rings (SSSR count). The molecule has 0 spiro atoms. The molecule has 0 atom stereocenters. The van der Waals surface area contributed by atoms with E-state index in [1.807, 2.05) is 0 Å². The number of anilines is 1. The van der Waals surface area contributed by atoms with E-state index in [0.29, 0.717) is 5.82 Å². The molecule has 0 bridgehead atoms. The first kappa shape index (κ1) is 12.6. The van der Waals surface area contributed by atoms with E-state index in [9.17, 15) is 8.78 Å². The van der Waals surface area contributed by atoms with Gasteiger partial charge < -0.3 is 4.90 Å². The van der Waals surface area contributed by atoms with Gasteiger partial charge in [-0.3, -0.25) is 0 Å². The molecule has 0 amide bonds. The van der Waals surface area contributed by atoms with E-state index in [-0.39, 0.29) is 12.4 Å². The Bertz CT molecular complexity index is 336. The SMILES string of the molecule is CN(CC(F)F)c1ncc(Br)cc1CCl. The summed E-state index contributed by atoms with van der Waals surface area (Å²) >= 11 is 8.96. The van der Waals surface area contributed by atoms with E-state index in [0.717, 1.165) is 10.0 Å². The van der Waals surface area contributed by atoms with Crippen LogP contribution in [0.25, 0.3) is 0 Å². The summed E-state index contributed by atoms with van der Waals surface area (Å²) in [6, 6.07) is 1.78. The van der Waals surface area contributed by atoms with Gasteiger partial charge in [0.15, 0.2) is 0 Å². The predicted octanol–water partition coefficient (Wildman–Crippen LogP) is 3.28. The molecule has 84 valence electrons. The van der Waals surface area contributed by atoms with Gasteiger partial charge in [-0.15, -0.1) is 11.6 Å². The topological polar surface area (TPSA) is 16.1 Å². The van der Waals surface area contributed by atoms with E-state index in [4.69, 9.17) is 11.6 Å². The monoisotopic (exact) mass is 298 g/mol. The Morgan fingerprint density at radius 2 is 2.27 bits per heavy atom. The van der Waals surface area contributed by atoms with Crippen LogP contribution in [0.2, 0.25) is 0 Å². The van der Waals surface area contributed by atoms with Crippen molar-refractivity contribution < 1.29 is 8.78 Å². The first-order valence-electron chi connectivity index (χ1n) is 4.24. The van der Waals surface area contributed by atoms with Gasteiger partial charge in [0, 0.05) is 23.3 Å². The van der Waals surface area contributed by atoms with Gasteiger partial charge in [0.05, 0.1) is 12.4 Å². The van der Waals surface area contributed by atoms with Crippen molar-refractivity contribution in [3.05, 3.63) is 22.3 Å². The van der Waals surface area contributed by atoms with Crippen molar-refractivity contribution in [1.29, 1.82) is 0 Å². The molecule has 0 aliphatic rings. The highest BCUT2D eigenvalue weighted by molar-refractivity contribution is 9.10. The van der Waals surface area contributed by atoms with Gasteiger partial charge in [-0.05, 0) is 22.0 Å². The molecule has 1 aromatic heterocycles. The summed E-state index contributed by atoms with van der Waals surface area (Å²) in [4.78, 5) is 5.46. The second-order valence-corrected chi connectivity index (χ2v) is 4.22. The lowest BCUT2D eigenvalue weighted by Gasteiger charge is -2.20. The Morgan fingerprint density at radius 1 is 1.60 bits per heavy atom. The number of nitrogens with zero attached hydrogens (tertiary/aromatic N) is 2. The van der Waals surface area contributed by atoms with Crippen molar-refractivity contribution in [2.24, 2.45) is 0 Å². The fraction of sp³-hybridized carbons (Fsp3) is 0.444. The molecule has 0 aliphatic heterocycles. The van der Waals surface area contributed by atoms with Crippen molar-refractivity contribution in [3.63, 3.8) is 0 Å². The van der Waals surface area contributed by atoms with Crippen molar-refractivity contribution >= 4 is 33.3 Å². The van der Waals surface area contributed by atoms with E-state index in [1.54, 1.807) is 19.3 Å². The van der Waals surface area contributed by atoms with Gasteiger partial charge in [0.1, 0.15) is 5.82 Å². The predicted molar refractivity (Wildman–Crippen MR) is 60.8 cm³/mol. The van der Waals surface area contributed by atoms with Crippen LogP contribution < -0.4 is 4.90 Å². The summed E-state index contributed by atoms with van der Waals surface area (Å²) < 4.78 is 25.1. The molecule has 0 fully saturated rings. The Hall–Kier alpha value is -0.420. The molecule has 0 saturated heterocycles. The van der Waals surface area contributed by atoms with E-state index in [2.05, 4.69) is 20.9 Å². The highest BCUT2D eigenvalue weighted by Gasteiger charge is 2.13. The maximum atomic E-state index is 12.2. The molecule has 15 heavy (non-hydrogen) atoms. The molecule has 0 radical (unpaired) electrons. The number of hydrogen-bond acceptors (Lipinski definition) is 2. The minimum atomic E-state index is -2.39. The first-order chi connectivity index (χ1) is 7.04. The molecular formula is C9H10BrClF2N2. The van der Waals surface area contributed by atoms with Gasteiger partial charge in [-0.2, -0.15) is 0 Å². The summed E-state index contributed by atoms with van der Waals surface area (Å²) in [6.45, 7) is -0.349. The largest absolute Gasteiger partial charge is 0.354 e. The quantitative estimate of drug-likeness (QED) is 0.793. The van der Waals surface area contributed by atoms with Crippen LogP contribution in [0.1, 0.15) is 5.56 Å². The van der Waals surface area contributed by atoms with E-state index < -0.39 is 6.43 Å². The Labute approximate surface area is 100 Å². The molecule has 0 aliphatic carbocycles. The third-order valence-electron chi connectivity index (χ3n) is 1.83. The summed E-state index contributed by atoms with van der Waals surface area (Å²) in [7, 11) is 1.57. The number of pyridine rings is 1. The second kappa shape index (κ2) is 5.61. The fourth-order valence-electron chi connectivity index (χ4n) is 1.21. The zero-order valence-corrected chi connectivity index (χ0v) is 10.4. The van der Waals surface area contributed by atoms with Crippen LogP contribution in [0.15, 0.2) is 16.7 Å². The van der Waals surface area contributed by atoms with Gasteiger partial charge in [0.2, 0.25) is 0 Å². The van der Waals surface area contributed by atoms with Crippen LogP contribution in [0, 0.1) is 0 Å². The molecule has 0 aromatic carbocycles. The second-order valence-electron chi connectivity index (χ2n) is 3.04. The zero-order chi connectivity index (χ0) is 11.4. The molecular weight excluding hydrogens is 289 g/mol. The Balaban J connectivity index is 2.92. The van der Waals surface area contributed by atoms with E-state index in [1.165, 1.54) is 4.90 Å². The van der Waals surface area contributed by atoms with Crippen LogP contribution in [0.3, 0.4) is 0 Å². The summed E-state index contributed by atoms with van der Waals surface area (Å²) in [6.07, 6.45) is -0.823. The van der Waals surface area contributed by atoms with Crippen LogP contribution >= 0.6 is 27.5 Å². The van der Waals surface area contributed by atoms with Crippen molar-refractivity contribution in [3.8, 4) is 0 Å². The summed E-state index contributed by atoms with van der Waals surface area (Å²) in [5.74, 6) is 0.739. The fourth-order valence-corrected chi connectivity index (χ4v) is 1.78. The zero-order valence-electron chi connectivity index (χ0n) is 8.05. The summed E-state index contributed by atoms with van der Waals surface area (Å²) in [5.41, 5.74) is 0.731. The van der Waals surface area contributed by atoms with Gasteiger partial charge in [-0.1, -0.05) is 0 Å². The highest BCUT2D eigenvalue weighted by atomic mass is 79.9. The van der Waals surface area contributed by atoms with Crippen LogP contribution in [0.5, 0.6) is 0 Å². The van der Waals surface area contributed by atoms with Crippen molar-refractivity contribution in [2.75, 3.05) is 18.5 Å². The van der Waals surface area contributed by atoms with Gasteiger partial charge in [0.25, 0.3) is 6.43 Å². The minimum absolute atomic E-state index is 0.245. The third kappa shape index (κ3) is 3.57. The molecule has 6 heteroatoms.